The van der Waals surface area contributed by atoms with Crippen molar-refractivity contribution < 1.29 is 19.5 Å². The molecule has 1 aliphatic rings. The standard InChI is InChI=1S/C18H17N3O4/c22-12-5-3-4-11(10-12)19-16(23)9-8-15-18(25)20-14-7-2-1-6-13(14)17(24)21-15/h1-7,10,15,22H,8-9H2,(H,19,23)(H,20,25)(H,21,24). The fourth-order valence-corrected chi connectivity index (χ4v) is 2.60. The molecule has 128 valence electrons. The van der Waals surface area contributed by atoms with Crippen molar-refractivity contribution in [3.63, 3.8) is 0 Å². The fraction of sp³-hybridized carbons (Fsp3) is 0.167. The van der Waals surface area contributed by atoms with Gasteiger partial charge in [-0.05, 0) is 30.7 Å². The number of phenols is 1. The first-order valence-electron chi connectivity index (χ1n) is 7.82. The normalized spacial score (nSPS) is 16.2. The Morgan fingerprint density at radius 1 is 1.12 bits per heavy atom. The average molecular weight is 339 g/mol. The van der Waals surface area contributed by atoms with E-state index in [0.29, 0.717) is 16.9 Å². The summed E-state index contributed by atoms with van der Waals surface area (Å²) in [5, 5.41) is 17.4. The summed E-state index contributed by atoms with van der Waals surface area (Å²) in [5.41, 5.74) is 1.31. The van der Waals surface area contributed by atoms with Crippen molar-refractivity contribution in [2.45, 2.75) is 18.9 Å². The van der Waals surface area contributed by atoms with E-state index < -0.39 is 6.04 Å². The van der Waals surface area contributed by atoms with Crippen LogP contribution in [0.5, 0.6) is 5.75 Å². The van der Waals surface area contributed by atoms with Crippen LogP contribution >= 0.6 is 0 Å². The molecule has 0 spiro atoms. The highest BCUT2D eigenvalue weighted by Crippen LogP contribution is 2.20. The highest BCUT2D eigenvalue weighted by atomic mass is 16.3. The Morgan fingerprint density at radius 3 is 2.72 bits per heavy atom. The predicted molar refractivity (Wildman–Crippen MR) is 92.3 cm³/mol. The van der Waals surface area contributed by atoms with E-state index >= 15 is 0 Å². The van der Waals surface area contributed by atoms with Gasteiger partial charge in [0.2, 0.25) is 11.8 Å². The molecule has 0 fully saturated rings. The molecule has 7 heteroatoms. The van der Waals surface area contributed by atoms with Gasteiger partial charge in [0.15, 0.2) is 0 Å². The Balaban J connectivity index is 1.61. The molecule has 0 bridgehead atoms. The molecule has 4 N–H and O–H groups in total. The molecule has 2 aromatic carbocycles. The minimum atomic E-state index is -0.796. The number of amides is 3. The number of para-hydroxylation sites is 1. The molecule has 1 heterocycles. The summed E-state index contributed by atoms with van der Waals surface area (Å²) in [6.45, 7) is 0. The predicted octanol–water partition coefficient (Wildman–Crippen LogP) is 1.86. The van der Waals surface area contributed by atoms with Crippen LogP contribution in [0.25, 0.3) is 0 Å². The summed E-state index contributed by atoms with van der Waals surface area (Å²) in [4.78, 5) is 36.5. The number of benzene rings is 2. The lowest BCUT2D eigenvalue weighted by atomic mass is 10.1. The van der Waals surface area contributed by atoms with Crippen LogP contribution in [-0.2, 0) is 9.59 Å². The number of anilines is 2. The molecule has 0 saturated heterocycles. The molecule has 25 heavy (non-hydrogen) atoms. The van der Waals surface area contributed by atoms with Crippen LogP contribution in [0.15, 0.2) is 48.5 Å². The number of aromatic hydroxyl groups is 1. The zero-order chi connectivity index (χ0) is 17.8. The molecular formula is C18H17N3O4. The third-order valence-corrected chi connectivity index (χ3v) is 3.84. The lowest BCUT2D eigenvalue weighted by molar-refractivity contribution is -0.118. The molecule has 0 radical (unpaired) electrons. The highest BCUT2D eigenvalue weighted by molar-refractivity contribution is 6.09. The zero-order valence-corrected chi connectivity index (χ0v) is 13.3. The molecule has 3 rings (SSSR count). The summed E-state index contributed by atoms with van der Waals surface area (Å²) >= 11 is 0. The average Bonchev–Trinajstić information content (AvgIpc) is 2.70. The first-order valence-corrected chi connectivity index (χ1v) is 7.82. The van der Waals surface area contributed by atoms with Gasteiger partial charge in [0, 0.05) is 18.2 Å². The Labute approximate surface area is 144 Å². The Hall–Kier alpha value is -3.35. The van der Waals surface area contributed by atoms with Gasteiger partial charge in [0.25, 0.3) is 5.91 Å². The number of fused-ring (bicyclic) bond motifs is 1. The summed E-state index contributed by atoms with van der Waals surface area (Å²) in [6, 6.07) is 12.1. The summed E-state index contributed by atoms with van der Waals surface area (Å²) in [6.07, 6.45) is 0.209. The number of hydrogen-bond donors (Lipinski definition) is 4. The molecule has 0 aromatic heterocycles. The lowest BCUT2D eigenvalue weighted by Crippen LogP contribution is -2.41. The molecule has 7 nitrogen and oxygen atoms in total. The van der Waals surface area contributed by atoms with Gasteiger partial charge in [-0.1, -0.05) is 18.2 Å². The number of hydrogen-bond acceptors (Lipinski definition) is 4. The van der Waals surface area contributed by atoms with Gasteiger partial charge in [0.1, 0.15) is 11.8 Å². The smallest absolute Gasteiger partial charge is 0.254 e. The molecular weight excluding hydrogens is 322 g/mol. The van der Waals surface area contributed by atoms with Crippen molar-refractivity contribution in [2.24, 2.45) is 0 Å². The molecule has 1 unspecified atom stereocenters. The quantitative estimate of drug-likeness (QED) is 0.682. The minimum absolute atomic E-state index is 0.0460. The number of rotatable bonds is 4. The summed E-state index contributed by atoms with van der Waals surface area (Å²) in [5.74, 6) is -0.976. The molecule has 1 atom stereocenters. The second kappa shape index (κ2) is 7.04. The topological polar surface area (TPSA) is 108 Å². The minimum Gasteiger partial charge on any atom is -0.508 e. The van der Waals surface area contributed by atoms with E-state index in [4.69, 9.17) is 0 Å². The van der Waals surface area contributed by atoms with Gasteiger partial charge < -0.3 is 21.1 Å². The van der Waals surface area contributed by atoms with Gasteiger partial charge in [-0.15, -0.1) is 0 Å². The number of carbonyl (C=O) groups excluding carboxylic acids is 3. The lowest BCUT2D eigenvalue weighted by Gasteiger charge is -2.14. The Morgan fingerprint density at radius 2 is 1.92 bits per heavy atom. The van der Waals surface area contributed by atoms with Gasteiger partial charge >= 0.3 is 0 Å². The van der Waals surface area contributed by atoms with Crippen molar-refractivity contribution in [1.29, 1.82) is 0 Å². The van der Waals surface area contributed by atoms with Gasteiger partial charge in [-0.2, -0.15) is 0 Å². The fourth-order valence-electron chi connectivity index (χ4n) is 2.60. The largest absolute Gasteiger partial charge is 0.508 e. The van der Waals surface area contributed by atoms with Crippen molar-refractivity contribution in [3.05, 3.63) is 54.1 Å². The SMILES string of the molecule is O=C(CCC1NC(=O)c2ccccc2NC1=O)Nc1cccc(O)c1. The number of nitrogens with one attached hydrogen (secondary N) is 3. The van der Waals surface area contributed by atoms with Crippen molar-refractivity contribution in [1.82, 2.24) is 5.32 Å². The zero-order valence-electron chi connectivity index (χ0n) is 13.3. The van der Waals surface area contributed by atoms with Gasteiger partial charge in [0.05, 0.1) is 11.3 Å². The highest BCUT2D eigenvalue weighted by Gasteiger charge is 2.27. The van der Waals surface area contributed by atoms with E-state index in [2.05, 4.69) is 16.0 Å². The van der Waals surface area contributed by atoms with Crippen LogP contribution in [0.4, 0.5) is 11.4 Å². The van der Waals surface area contributed by atoms with Crippen LogP contribution < -0.4 is 16.0 Å². The maximum atomic E-state index is 12.2. The molecule has 1 aliphatic heterocycles. The molecule has 0 aliphatic carbocycles. The van der Waals surface area contributed by atoms with Crippen LogP contribution in [0.1, 0.15) is 23.2 Å². The molecule has 0 saturated carbocycles. The van der Waals surface area contributed by atoms with Gasteiger partial charge in [-0.3, -0.25) is 14.4 Å². The van der Waals surface area contributed by atoms with Crippen LogP contribution in [-0.4, -0.2) is 28.9 Å². The van der Waals surface area contributed by atoms with E-state index in [9.17, 15) is 19.5 Å². The maximum Gasteiger partial charge on any atom is 0.254 e. The van der Waals surface area contributed by atoms with E-state index in [1.807, 2.05) is 0 Å². The third-order valence-electron chi connectivity index (χ3n) is 3.84. The molecule has 3 amide bonds. The second-order valence-corrected chi connectivity index (χ2v) is 5.70. The van der Waals surface area contributed by atoms with Crippen molar-refractivity contribution in [2.75, 3.05) is 10.6 Å². The monoisotopic (exact) mass is 339 g/mol. The Kier molecular flexibility index (Phi) is 4.65. The van der Waals surface area contributed by atoms with Crippen LogP contribution in [0.2, 0.25) is 0 Å². The number of carbonyl (C=O) groups is 3. The van der Waals surface area contributed by atoms with E-state index in [1.165, 1.54) is 12.1 Å². The van der Waals surface area contributed by atoms with Crippen LogP contribution in [0, 0.1) is 0 Å². The van der Waals surface area contributed by atoms with Crippen molar-refractivity contribution >= 4 is 29.1 Å². The summed E-state index contributed by atoms with van der Waals surface area (Å²) < 4.78 is 0. The summed E-state index contributed by atoms with van der Waals surface area (Å²) in [7, 11) is 0. The number of phenolic OH excluding ortho intramolecular Hbond substituents is 1. The third kappa shape index (κ3) is 3.95. The van der Waals surface area contributed by atoms with Crippen molar-refractivity contribution in [3.8, 4) is 5.75 Å². The second-order valence-electron chi connectivity index (χ2n) is 5.70. The van der Waals surface area contributed by atoms with E-state index in [0.717, 1.165) is 0 Å². The van der Waals surface area contributed by atoms with E-state index in [1.54, 1.807) is 36.4 Å². The van der Waals surface area contributed by atoms with Gasteiger partial charge in [-0.25, -0.2) is 0 Å². The first kappa shape index (κ1) is 16.5. The first-order chi connectivity index (χ1) is 12.0. The Bertz CT molecular complexity index is 835. The van der Waals surface area contributed by atoms with Crippen LogP contribution in [0.3, 0.4) is 0 Å². The van der Waals surface area contributed by atoms with E-state index in [-0.39, 0.29) is 36.3 Å². The molecule has 2 aromatic rings. The maximum absolute atomic E-state index is 12.2.